The third-order valence-corrected chi connectivity index (χ3v) is 7.65. The van der Waals surface area contributed by atoms with Crippen LogP contribution in [0.5, 0.6) is 0 Å². The first-order valence-electron chi connectivity index (χ1n) is 10.3. The number of amides is 2. The lowest BCUT2D eigenvalue weighted by Crippen LogP contribution is -2.30. The quantitative estimate of drug-likeness (QED) is 0.361. The minimum Gasteiger partial charge on any atom is -0.455 e. The molecule has 2 aromatic rings. The largest absolute Gasteiger partial charge is 0.455 e. The van der Waals surface area contributed by atoms with Crippen molar-refractivity contribution in [3.8, 4) is 11.3 Å². The van der Waals surface area contributed by atoms with Crippen molar-refractivity contribution in [1.82, 2.24) is 5.01 Å². The van der Waals surface area contributed by atoms with Gasteiger partial charge in [-0.2, -0.15) is 23.3 Å². The molecule has 1 spiro atoms. The molecule has 1 aromatic heterocycles. The summed E-state index contributed by atoms with van der Waals surface area (Å²) in [5, 5.41) is 5.08. The molecule has 0 unspecified atom stereocenters. The van der Waals surface area contributed by atoms with Crippen LogP contribution in [-0.2, 0) is 15.8 Å². The van der Waals surface area contributed by atoms with E-state index in [4.69, 9.17) is 16.0 Å². The fourth-order valence-corrected chi connectivity index (χ4v) is 5.96. The maximum Gasteiger partial charge on any atom is 0.416 e. The Morgan fingerprint density at radius 1 is 1.06 bits per heavy atom. The zero-order valence-electron chi connectivity index (χ0n) is 16.5. The van der Waals surface area contributed by atoms with Gasteiger partial charge in [0.2, 0.25) is 0 Å². The number of rotatable bonds is 3. The summed E-state index contributed by atoms with van der Waals surface area (Å²) in [6.45, 7) is 0. The SMILES string of the molecule is O=C1[C@@H]2[C@@H](C(=O)N1N=Cc1ccc(-c3cc(C(F)(F)F)ccc3Cl)o1)[C@H]1C=C[C@H]2C12CC2. The summed E-state index contributed by atoms with van der Waals surface area (Å²) in [4.78, 5) is 25.9. The van der Waals surface area contributed by atoms with Crippen LogP contribution in [0.4, 0.5) is 13.2 Å². The van der Waals surface area contributed by atoms with Gasteiger partial charge in [-0.05, 0) is 60.4 Å². The van der Waals surface area contributed by atoms with Crippen LogP contribution in [0.2, 0.25) is 5.02 Å². The Morgan fingerprint density at radius 3 is 2.31 bits per heavy atom. The fourth-order valence-electron chi connectivity index (χ4n) is 5.75. The highest BCUT2D eigenvalue weighted by molar-refractivity contribution is 6.33. The van der Waals surface area contributed by atoms with E-state index >= 15 is 0 Å². The Bertz CT molecular complexity index is 1190. The molecular formula is C23H16ClF3N2O3. The predicted molar refractivity (Wildman–Crippen MR) is 108 cm³/mol. The normalized spacial score (nSPS) is 29.7. The molecule has 32 heavy (non-hydrogen) atoms. The van der Waals surface area contributed by atoms with Gasteiger partial charge in [-0.15, -0.1) is 0 Å². The average molecular weight is 461 g/mol. The van der Waals surface area contributed by atoms with Crippen LogP contribution >= 0.6 is 11.6 Å². The third-order valence-electron chi connectivity index (χ3n) is 7.32. The number of alkyl halides is 3. The predicted octanol–water partition coefficient (Wildman–Crippen LogP) is 5.15. The maximum atomic E-state index is 13.0. The van der Waals surface area contributed by atoms with Gasteiger partial charge in [0, 0.05) is 5.56 Å². The van der Waals surface area contributed by atoms with E-state index < -0.39 is 11.7 Å². The van der Waals surface area contributed by atoms with Gasteiger partial charge in [0.05, 0.1) is 28.6 Å². The van der Waals surface area contributed by atoms with Gasteiger partial charge in [0.25, 0.3) is 11.8 Å². The number of halogens is 4. The second-order valence-electron chi connectivity index (χ2n) is 8.85. The molecule has 1 aromatic carbocycles. The molecule has 5 nitrogen and oxygen atoms in total. The van der Waals surface area contributed by atoms with Crippen molar-refractivity contribution in [3.63, 3.8) is 0 Å². The topological polar surface area (TPSA) is 62.9 Å². The van der Waals surface area contributed by atoms with Crippen LogP contribution in [0.3, 0.4) is 0 Å². The van der Waals surface area contributed by atoms with Crippen LogP contribution in [0, 0.1) is 29.1 Å². The standard InChI is InChI=1S/C23H16ClF3N2O3/c24-16-5-1-11(23(25,26)27)9-13(16)17-6-2-12(32-17)10-28-29-20(30)18-14-3-4-15(19(18)21(29)31)22(14)7-8-22/h1-6,9-10,14-15,18-19H,7-8H2/t14-,15-,18+,19+/m1/s1. The molecule has 2 bridgehead atoms. The number of fused-ring (bicyclic) bond motifs is 3. The number of carbonyl (C=O) groups is 2. The van der Waals surface area contributed by atoms with Crippen molar-refractivity contribution >= 4 is 29.6 Å². The molecule has 1 saturated heterocycles. The molecule has 0 N–H and O–H groups in total. The lowest BCUT2D eigenvalue weighted by Gasteiger charge is -2.18. The van der Waals surface area contributed by atoms with Crippen molar-refractivity contribution in [1.29, 1.82) is 0 Å². The van der Waals surface area contributed by atoms with Crippen LogP contribution in [-0.4, -0.2) is 23.0 Å². The number of hydrazone groups is 1. The molecule has 6 rings (SSSR count). The number of imide groups is 1. The third kappa shape index (κ3) is 2.62. The zero-order chi connectivity index (χ0) is 22.4. The molecule has 1 aliphatic heterocycles. The molecule has 2 heterocycles. The Kier molecular flexibility index (Phi) is 3.92. The van der Waals surface area contributed by atoms with Crippen molar-refractivity contribution in [2.75, 3.05) is 0 Å². The van der Waals surface area contributed by atoms with E-state index in [0.29, 0.717) is 0 Å². The van der Waals surface area contributed by atoms with E-state index in [-0.39, 0.29) is 63.0 Å². The molecule has 3 fully saturated rings. The number of benzene rings is 1. The van der Waals surface area contributed by atoms with E-state index in [1.165, 1.54) is 18.3 Å². The van der Waals surface area contributed by atoms with Crippen molar-refractivity contribution in [3.05, 3.63) is 58.8 Å². The first-order valence-corrected chi connectivity index (χ1v) is 10.7. The maximum absolute atomic E-state index is 13.0. The van der Waals surface area contributed by atoms with E-state index in [2.05, 4.69) is 17.3 Å². The summed E-state index contributed by atoms with van der Waals surface area (Å²) in [6.07, 6.45) is 2.98. The molecule has 4 aliphatic rings. The molecule has 164 valence electrons. The van der Waals surface area contributed by atoms with Crippen molar-refractivity contribution in [2.45, 2.75) is 19.0 Å². The number of carbonyl (C=O) groups excluding carboxylic acids is 2. The molecule has 0 radical (unpaired) electrons. The Morgan fingerprint density at radius 2 is 1.72 bits per heavy atom. The number of hydrogen-bond acceptors (Lipinski definition) is 4. The summed E-state index contributed by atoms with van der Waals surface area (Å²) >= 11 is 6.06. The van der Waals surface area contributed by atoms with Gasteiger partial charge in [-0.25, -0.2) is 0 Å². The second-order valence-corrected chi connectivity index (χ2v) is 9.26. The van der Waals surface area contributed by atoms with Crippen LogP contribution in [0.25, 0.3) is 11.3 Å². The number of hydrogen-bond donors (Lipinski definition) is 0. The molecule has 9 heteroatoms. The molecule has 2 amide bonds. The highest BCUT2D eigenvalue weighted by Gasteiger charge is 2.73. The average Bonchev–Trinajstić information content (AvgIpc) is 3.03. The summed E-state index contributed by atoms with van der Waals surface area (Å²) in [7, 11) is 0. The molecule has 2 saturated carbocycles. The highest BCUT2D eigenvalue weighted by Crippen LogP contribution is 2.73. The van der Waals surface area contributed by atoms with Crippen LogP contribution in [0.1, 0.15) is 24.2 Å². The number of furan rings is 1. The monoisotopic (exact) mass is 460 g/mol. The van der Waals surface area contributed by atoms with Crippen molar-refractivity contribution in [2.24, 2.45) is 34.2 Å². The molecule has 3 aliphatic carbocycles. The smallest absolute Gasteiger partial charge is 0.416 e. The van der Waals surface area contributed by atoms with Crippen molar-refractivity contribution < 1.29 is 27.2 Å². The first-order chi connectivity index (χ1) is 15.2. The fraction of sp³-hybridized carbons (Fsp3) is 0.348. The highest BCUT2D eigenvalue weighted by atomic mass is 35.5. The Labute approximate surface area is 185 Å². The van der Waals surface area contributed by atoms with E-state index in [1.54, 1.807) is 0 Å². The molecular weight excluding hydrogens is 445 g/mol. The van der Waals surface area contributed by atoms with Gasteiger partial charge >= 0.3 is 6.18 Å². The van der Waals surface area contributed by atoms with Gasteiger partial charge in [0.15, 0.2) is 0 Å². The van der Waals surface area contributed by atoms with E-state index in [0.717, 1.165) is 36.0 Å². The van der Waals surface area contributed by atoms with E-state index in [1.807, 2.05) is 0 Å². The minimum absolute atomic E-state index is 0.0846. The minimum atomic E-state index is -4.52. The first kappa shape index (κ1) is 19.8. The van der Waals surface area contributed by atoms with Gasteiger partial charge in [0.1, 0.15) is 11.5 Å². The Hall–Kier alpha value is -2.87. The molecule has 4 atom stereocenters. The zero-order valence-corrected chi connectivity index (χ0v) is 17.2. The lowest BCUT2D eigenvalue weighted by atomic mass is 9.85. The van der Waals surface area contributed by atoms with Gasteiger partial charge < -0.3 is 4.42 Å². The van der Waals surface area contributed by atoms with Gasteiger partial charge in [-0.1, -0.05) is 23.8 Å². The number of nitrogens with zero attached hydrogens (tertiary/aromatic N) is 2. The summed E-state index contributed by atoms with van der Waals surface area (Å²) in [5.74, 6) is -0.789. The van der Waals surface area contributed by atoms with Crippen LogP contribution < -0.4 is 0 Å². The van der Waals surface area contributed by atoms with E-state index in [9.17, 15) is 22.8 Å². The Balaban J connectivity index is 1.24. The summed E-state index contributed by atoms with van der Waals surface area (Å²) in [5.41, 5.74) is -0.655. The second kappa shape index (κ2) is 6.34. The summed E-state index contributed by atoms with van der Waals surface area (Å²) in [6, 6.07) is 5.92. The number of allylic oxidation sites excluding steroid dienone is 2. The van der Waals surface area contributed by atoms with Crippen LogP contribution in [0.15, 0.2) is 52.0 Å². The summed E-state index contributed by atoms with van der Waals surface area (Å²) < 4.78 is 44.7. The lowest BCUT2D eigenvalue weighted by molar-refractivity contribution is -0.141. The van der Waals surface area contributed by atoms with Gasteiger partial charge in [-0.3, -0.25) is 9.59 Å².